The summed E-state index contributed by atoms with van der Waals surface area (Å²) < 4.78 is 27.2. The number of nitrogens with one attached hydrogen (secondary N) is 2. The third-order valence-electron chi connectivity index (χ3n) is 5.72. The van der Waals surface area contributed by atoms with Crippen molar-refractivity contribution >= 4 is 35.6 Å². The molecule has 0 saturated carbocycles. The van der Waals surface area contributed by atoms with Gasteiger partial charge in [0.05, 0.1) is 12.6 Å². The van der Waals surface area contributed by atoms with E-state index in [0.29, 0.717) is 30.5 Å². The van der Waals surface area contributed by atoms with Crippen LogP contribution in [0.4, 0.5) is 14.5 Å². The molecule has 1 aliphatic heterocycles. The molecule has 2 aromatic carbocycles. The largest absolute Gasteiger partial charge is 0.396 e. The van der Waals surface area contributed by atoms with E-state index in [0.717, 1.165) is 37.6 Å². The Kier molecular flexibility index (Phi) is 10.6. The molecule has 176 valence electrons. The minimum Gasteiger partial charge on any atom is -0.396 e. The molecule has 1 unspecified atom stereocenters. The second-order valence-electron chi connectivity index (χ2n) is 8.01. The first kappa shape index (κ1) is 26.3. The highest BCUT2D eigenvalue weighted by Gasteiger charge is 2.18. The number of piperidine rings is 1. The Morgan fingerprint density at radius 1 is 1.16 bits per heavy atom. The zero-order valence-corrected chi connectivity index (χ0v) is 21.0. The van der Waals surface area contributed by atoms with Crippen molar-refractivity contribution in [1.29, 1.82) is 0 Å². The van der Waals surface area contributed by atoms with E-state index >= 15 is 0 Å². The van der Waals surface area contributed by atoms with E-state index in [9.17, 15) is 13.9 Å². The van der Waals surface area contributed by atoms with Crippen molar-refractivity contribution in [2.45, 2.75) is 39.3 Å². The quantitative estimate of drug-likeness (QED) is 0.264. The van der Waals surface area contributed by atoms with Gasteiger partial charge in [0.1, 0.15) is 11.6 Å². The minimum atomic E-state index is -0.588. The molecule has 1 atom stereocenters. The predicted octanol–water partition coefficient (Wildman–Crippen LogP) is 4.61. The molecule has 1 saturated heterocycles. The van der Waals surface area contributed by atoms with Crippen molar-refractivity contribution < 1.29 is 13.9 Å². The molecule has 0 bridgehead atoms. The van der Waals surface area contributed by atoms with Crippen LogP contribution >= 0.6 is 24.0 Å². The van der Waals surface area contributed by atoms with Crippen molar-refractivity contribution in [1.82, 2.24) is 10.6 Å². The molecule has 1 heterocycles. The Hall–Kier alpha value is -1.94. The maximum atomic E-state index is 14.1. The summed E-state index contributed by atoms with van der Waals surface area (Å²) in [5.41, 5.74) is 2.66. The third-order valence-corrected chi connectivity index (χ3v) is 5.72. The lowest BCUT2D eigenvalue weighted by Gasteiger charge is -2.32. The maximum absolute atomic E-state index is 14.1. The fourth-order valence-corrected chi connectivity index (χ4v) is 3.81. The molecule has 8 heteroatoms. The highest BCUT2D eigenvalue weighted by molar-refractivity contribution is 14.0. The lowest BCUT2D eigenvalue weighted by molar-refractivity contribution is 0.203. The van der Waals surface area contributed by atoms with Crippen LogP contribution in [0.1, 0.15) is 43.9 Å². The van der Waals surface area contributed by atoms with Gasteiger partial charge in [-0.05, 0) is 56.4 Å². The molecule has 0 spiro atoms. The van der Waals surface area contributed by atoms with Gasteiger partial charge in [-0.15, -0.1) is 24.0 Å². The fourth-order valence-electron chi connectivity index (χ4n) is 3.81. The molecule has 0 amide bonds. The SMILES string of the molecule is CCNC(=NCc1ccc(N2CCC(CO)CC2)cc1)NC(C)c1ccc(F)cc1F.I. The molecule has 2 aromatic rings. The highest BCUT2D eigenvalue weighted by atomic mass is 127. The average molecular weight is 558 g/mol. The molecule has 3 N–H and O–H groups in total. The van der Waals surface area contributed by atoms with Crippen LogP contribution in [0.2, 0.25) is 0 Å². The van der Waals surface area contributed by atoms with Crippen molar-refractivity contribution in [2.75, 3.05) is 31.1 Å². The zero-order valence-electron chi connectivity index (χ0n) is 18.7. The molecule has 32 heavy (non-hydrogen) atoms. The number of aliphatic imine (C=N–C) groups is 1. The number of rotatable bonds is 7. The van der Waals surface area contributed by atoms with Gasteiger partial charge >= 0.3 is 0 Å². The van der Waals surface area contributed by atoms with Crippen LogP contribution in [0.15, 0.2) is 47.5 Å². The number of guanidine groups is 1. The molecule has 1 fully saturated rings. The molecule has 5 nitrogen and oxygen atoms in total. The molecule has 0 radical (unpaired) electrons. The number of anilines is 1. The summed E-state index contributed by atoms with van der Waals surface area (Å²) in [6, 6.07) is 11.6. The average Bonchev–Trinajstić information content (AvgIpc) is 2.78. The molecule has 0 aromatic heterocycles. The van der Waals surface area contributed by atoms with E-state index < -0.39 is 11.6 Å². The van der Waals surface area contributed by atoms with Gasteiger partial charge < -0.3 is 20.6 Å². The van der Waals surface area contributed by atoms with Crippen molar-refractivity contribution in [2.24, 2.45) is 10.9 Å². The van der Waals surface area contributed by atoms with Crippen LogP contribution in [0, 0.1) is 17.6 Å². The lowest BCUT2D eigenvalue weighted by Crippen LogP contribution is -2.39. The number of aliphatic hydroxyl groups excluding tert-OH is 1. The highest BCUT2D eigenvalue weighted by Crippen LogP contribution is 2.23. The van der Waals surface area contributed by atoms with Crippen LogP contribution in [0.3, 0.4) is 0 Å². The van der Waals surface area contributed by atoms with Crippen LogP contribution in [-0.4, -0.2) is 37.3 Å². The summed E-state index contributed by atoms with van der Waals surface area (Å²) >= 11 is 0. The summed E-state index contributed by atoms with van der Waals surface area (Å²) in [5, 5.41) is 15.7. The lowest BCUT2D eigenvalue weighted by atomic mass is 9.97. The normalized spacial score (nSPS) is 15.8. The monoisotopic (exact) mass is 558 g/mol. The second-order valence-corrected chi connectivity index (χ2v) is 8.01. The van der Waals surface area contributed by atoms with Crippen molar-refractivity contribution in [3.8, 4) is 0 Å². The van der Waals surface area contributed by atoms with E-state index in [1.54, 1.807) is 0 Å². The number of hydrogen-bond acceptors (Lipinski definition) is 3. The Labute approximate surface area is 206 Å². The van der Waals surface area contributed by atoms with Gasteiger partial charge in [-0.1, -0.05) is 18.2 Å². The second kappa shape index (κ2) is 12.9. The summed E-state index contributed by atoms with van der Waals surface area (Å²) in [7, 11) is 0. The molecular formula is C24H33F2IN4O. The van der Waals surface area contributed by atoms with Gasteiger partial charge in [-0.3, -0.25) is 0 Å². The van der Waals surface area contributed by atoms with Crippen LogP contribution in [0.5, 0.6) is 0 Å². The summed E-state index contributed by atoms with van der Waals surface area (Å²) in [6.45, 7) is 7.16. The van der Waals surface area contributed by atoms with Gasteiger partial charge in [0, 0.05) is 43.6 Å². The third kappa shape index (κ3) is 7.30. The number of benzene rings is 2. The van der Waals surface area contributed by atoms with E-state index in [4.69, 9.17) is 0 Å². The fraction of sp³-hybridized carbons (Fsp3) is 0.458. The Morgan fingerprint density at radius 2 is 1.84 bits per heavy atom. The molecule has 0 aliphatic carbocycles. The standard InChI is InChI=1S/C24H32F2N4O.HI/c1-3-27-24(29-17(2)22-9-6-20(25)14-23(22)26)28-15-18-4-7-21(8-5-18)30-12-10-19(16-31)11-13-30;/h4-9,14,17,19,31H,3,10-13,15-16H2,1-2H3,(H2,27,28,29);1H. The first-order valence-electron chi connectivity index (χ1n) is 10.9. The van der Waals surface area contributed by atoms with Gasteiger partial charge in [-0.2, -0.15) is 0 Å². The van der Waals surface area contributed by atoms with Crippen LogP contribution < -0.4 is 15.5 Å². The summed E-state index contributed by atoms with van der Waals surface area (Å²) in [4.78, 5) is 6.97. The first-order valence-corrected chi connectivity index (χ1v) is 10.9. The van der Waals surface area contributed by atoms with E-state index in [2.05, 4.69) is 44.8 Å². The summed E-state index contributed by atoms with van der Waals surface area (Å²) in [5.74, 6) is -0.161. The smallest absolute Gasteiger partial charge is 0.192 e. The molecular weight excluding hydrogens is 525 g/mol. The number of nitrogens with zero attached hydrogens (tertiary/aromatic N) is 2. The number of aliphatic hydroxyl groups is 1. The Morgan fingerprint density at radius 3 is 2.44 bits per heavy atom. The predicted molar refractivity (Wildman–Crippen MR) is 137 cm³/mol. The van der Waals surface area contributed by atoms with Gasteiger partial charge in [-0.25, -0.2) is 13.8 Å². The van der Waals surface area contributed by atoms with E-state index in [-0.39, 0.29) is 36.6 Å². The van der Waals surface area contributed by atoms with Crippen molar-refractivity contribution in [3.05, 3.63) is 65.2 Å². The minimum absolute atomic E-state index is 0. The maximum Gasteiger partial charge on any atom is 0.192 e. The first-order chi connectivity index (χ1) is 15.0. The number of hydrogen-bond donors (Lipinski definition) is 3. The van der Waals surface area contributed by atoms with Gasteiger partial charge in [0.2, 0.25) is 0 Å². The van der Waals surface area contributed by atoms with Crippen LogP contribution in [-0.2, 0) is 6.54 Å². The molecule has 1 aliphatic rings. The van der Waals surface area contributed by atoms with Crippen molar-refractivity contribution in [3.63, 3.8) is 0 Å². The zero-order chi connectivity index (χ0) is 22.2. The molecule has 3 rings (SSSR count). The topological polar surface area (TPSA) is 59.9 Å². The Balaban J connectivity index is 0.00000363. The van der Waals surface area contributed by atoms with Gasteiger partial charge in [0.15, 0.2) is 5.96 Å². The van der Waals surface area contributed by atoms with E-state index in [1.807, 2.05) is 13.8 Å². The summed E-state index contributed by atoms with van der Waals surface area (Å²) in [6.07, 6.45) is 2.04. The van der Waals surface area contributed by atoms with Gasteiger partial charge in [0.25, 0.3) is 0 Å². The van der Waals surface area contributed by atoms with E-state index in [1.165, 1.54) is 17.8 Å². The number of halogens is 3. The Bertz CT molecular complexity index is 871. The van der Waals surface area contributed by atoms with Crippen LogP contribution in [0.25, 0.3) is 0 Å².